The molecule has 0 aliphatic heterocycles. The van der Waals surface area contributed by atoms with Crippen LogP contribution in [0.15, 0.2) is 29.4 Å². The summed E-state index contributed by atoms with van der Waals surface area (Å²) in [6.07, 6.45) is 1.04. The standard InChI is InChI=1S/C14H20N4OS/c1-3-7-18-13(9-15)16-17-14(18)20-10-11-5-4-6-12(8-11)19-2/h4-6,8H,3,7,9-10,15H2,1-2H3. The maximum absolute atomic E-state index is 5.69. The average molecular weight is 292 g/mol. The van der Waals surface area contributed by atoms with E-state index in [1.54, 1.807) is 18.9 Å². The zero-order valence-corrected chi connectivity index (χ0v) is 12.7. The van der Waals surface area contributed by atoms with Crippen molar-refractivity contribution in [3.05, 3.63) is 35.7 Å². The molecule has 2 rings (SSSR count). The van der Waals surface area contributed by atoms with E-state index >= 15 is 0 Å². The zero-order chi connectivity index (χ0) is 14.4. The lowest BCUT2D eigenvalue weighted by Gasteiger charge is -2.08. The molecule has 0 aliphatic carbocycles. The number of hydrogen-bond acceptors (Lipinski definition) is 5. The molecule has 108 valence electrons. The Hall–Kier alpha value is -1.53. The van der Waals surface area contributed by atoms with Crippen LogP contribution in [0, 0.1) is 0 Å². The molecule has 0 spiro atoms. The molecule has 0 atom stereocenters. The quantitative estimate of drug-likeness (QED) is 0.794. The Bertz CT molecular complexity index is 556. The van der Waals surface area contributed by atoms with E-state index in [2.05, 4.69) is 27.8 Å². The van der Waals surface area contributed by atoms with Crippen LogP contribution in [0.4, 0.5) is 0 Å². The highest BCUT2D eigenvalue weighted by Crippen LogP contribution is 2.24. The van der Waals surface area contributed by atoms with E-state index in [4.69, 9.17) is 10.5 Å². The third-order valence-corrected chi connectivity index (χ3v) is 3.96. The molecule has 0 radical (unpaired) electrons. The van der Waals surface area contributed by atoms with Crippen LogP contribution in [0.2, 0.25) is 0 Å². The van der Waals surface area contributed by atoms with Gasteiger partial charge in [0, 0.05) is 12.3 Å². The summed E-state index contributed by atoms with van der Waals surface area (Å²) >= 11 is 1.67. The Balaban J connectivity index is 2.08. The second kappa shape index (κ2) is 7.31. The maximum Gasteiger partial charge on any atom is 0.191 e. The number of ether oxygens (including phenoxy) is 1. The number of aromatic nitrogens is 3. The summed E-state index contributed by atoms with van der Waals surface area (Å²) in [7, 11) is 1.68. The van der Waals surface area contributed by atoms with Crippen LogP contribution in [0.1, 0.15) is 24.7 Å². The Labute approximate surface area is 123 Å². The molecule has 0 fully saturated rings. The molecule has 1 heterocycles. The predicted molar refractivity (Wildman–Crippen MR) is 80.8 cm³/mol. The molecule has 2 aromatic rings. The minimum absolute atomic E-state index is 0.423. The normalized spacial score (nSPS) is 10.8. The molecular weight excluding hydrogens is 272 g/mol. The molecule has 5 nitrogen and oxygen atoms in total. The number of benzene rings is 1. The third-order valence-electron chi connectivity index (χ3n) is 2.93. The number of methoxy groups -OCH3 is 1. The van der Waals surface area contributed by atoms with Gasteiger partial charge in [-0.25, -0.2) is 0 Å². The fourth-order valence-electron chi connectivity index (χ4n) is 1.94. The van der Waals surface area contributed by atoms with Crippen molar-refractivity contribution in [1.29, 1.82) is 0 Å². The van der Waals surface area contributed by atoms with Gasteiger partial charge in [0.1, 0.15) is 11.6 Å². The predicted octanol–water partition coefficient (Wildman–Crippen LogP) is 2.45. The van der Waals surface area contributed by atoms with E-state index in [9.17, 15) is 0 Å². The second-order valence-electron chi connectivity index (χ2n) is 4.39. The van der Waals surface area contributed by atoms with Crippen LogP contribution < -0.4 is 10.5 Å². The van der Waals surface area contributed by atoms with E-state index in [-0.39, 0.29) is 0 Å². The molecule has 0 amide bonds. The van der Waals surface area contributed by atoms with Crippen LogP contribution in [0.5, 0.6) is 5.75 Å². The van der Waals surface area contributed by atoms with Gasteiger partial charge in [-0.15, -0.1) is 10.2 Å². The Morgan fingerprint density at radius 2 is 2.20 bits per heavy atom. The van der Waals surface area contributed by atoms with E-state index in [0.29, 0.717) is 6.54 Å². The van der Waals surface area contributed by atoms with Crippen molar-refractivity contribution in [2.24, 2.45) is 5.73 Å². The monoisotopic (exact) mass is 292 g/mol. The van der Waals surface area contributed by atoms with Gasteiger partial charge in [0.05, 0.1) is 13.7 Å². The second-order valence-corrected chi connectivity index (χ2v) is 5.34. The molecule has 0 bridgehead atoms. The summed E-state index contributed by atoms with van der Waals surface area (Å²) < 4.78 is 7.33. The van der Waals surface area contributed by atoms with Crippen LogP contribution in [0.3, 0.4) is 0 Å². The fraction of sp³-hybridized carbons (Fsp3) is 0.429. The third kappa shape index (κ3) is 3.52. The lowest BCUT2D eigenvalue weighted by molar-refractivity contribution is 0.414. The van der Waals surface area contributed by atoms with Crippen molar-refractivity contribution in [2.45, 2.75) is 37.3 Å². The molecule has 0 aliphatic rings. The average Bonchev–Trinajstić information content (AvgIpc) is 2.88. The number of nitrogens with zero attached hydrogens (tertiary/aromatic N) is 3. The smallest absolute Gasteiger partial charge is 0.191 e. The topological polar surface area (TPSA) is 66.0 Å². The van der Waals surface area contributed by atoms with Gasteiger partial charge in [-0.2, -0.15) is 0 Å². The van der Waals surface area contributed by atoms with Gasteiger partial charge in [0.25, 0.3) is 0 Å². The van der Waals surface area contributed by atoms with Gasteiger partial charge in [-0.1, -0.05) is 30.8 Å². The van der Waals surface area contributed by atoms with E-state index in [0.717, 1.165) is 35.4 Å². The molecule has 1 aromatic carbocycles. The highest BCUT2D eigenvalue weighted by atomic mass is 32.2. The molecule has 6 heteroatoms. The first kappa shape index (κ1) is 14.9. The highest BCUT2D eigenvalue weighted by Gasteiger charge is 2.10. The molecule has 20 heavy (non-hydrogen) atoms. The Morgan fingerprint density at radius 3 is 2.90 bits per heavy atom. The van der Waals surface area contributed by atoms with Crippen molar-refractivity contribution in [1.82, 2.24) is 14.8 Å². The number of nitrogens with two attached hydrogens (primary N) is 1. The van der Waals surface area contributed by atoms with Gasteiger partial charge < -0.3 is 15.0 Å². The first-order valence-corrected chi connectivity index (χ1v) is 7.65. The van der Waals surface area contributed by atoms with Crippen LogP contribution >= 0.6 is 11.8 Å². The maximum atomic E-state index is 5.69. The summed E-state index contributed by atoms with van der Waals surface area (Å²) in [6.45, 7) is 3.46. The number of hydrogen-bond donors (Lipinski definition) is 1. The first-order valence-electron chi connectivity index (χ1n) is 6.66. The fourth-order valence-corrected chi connectivity index (χ4v) is 2.86. The number of rotatable bonds is 7. The van der Waals surface area contributed by atoms with E-state index < -0.39 is 0 Å². The van der Waals surface area contributed by atoms with Crippen molar-refractivity contribution in [2.75, 3.05) is 7.11 Å². The Morgan fingerprint density at radius 1 is 1.35 bits per heavy atom. The van der Waals surface area contributed by atoms with Gasteiger partial charge in [-0.05, 0) is 24.1 Å². The van der Waals surface area contributed by atoms with Gasteiger partial charge in [0.2, 0.25) is 0 Å². The van der Waals surface area contributed by atoms with E-state index in [1.165, 1.54) is 5.56 Å². The van der Waals surface area contributed by atoms with Crippen molar-refractivity contribution in [3.63, 3.8) is 0 Å². The highest BCUT2D eigenvalue weighted by molar-refractivity contribution is 7.98. The molecule has 0 unspecified atom stereocenters. The first-order chi connectivity index (χ1) is 9.78. The van der Waals surface area contributed by atoms with Crippen LogP contribution in [-0.4, -0.2) is 21.9 Å². The lowest BCUT2D eigenvalue weighted by Crippen LogP contribution is -2.09. The summed E-state index contributed by atoms with van der Waals surface area (Å²) in [6, 6.07) is 8.06. The molecule has 0 saturated heterocycles. The van der Waals surface area contributed by atoms with Crippen LogP contribution in [0.25, 0.3) is 0 Å². The number of thioether (sulfide) groups is 1. The summed E-state index contributed by atoms with van der Waals surface area (Å²) in [4.78, 5) is 0. The summed E-state index contributed by atoms with van der Waals surface area (Å²) in [5, 5.41) is 9.30. The van der Waals surface area contributed by atoms with Crippen molar-refractivity contribution < 1.29 is 4.74 Å². The zero-order valence-electron chi connectivity index (χ0n) is 11.9. The minimum atomic E-state index is 0.423. The van der Waals surface area contributed by atoms with Crippen molar-refractivity contribution >= 4 is 11.8 Å². The van der Waals surface area contributed by atoms with Crippen LogP contribution in [-0.2, 0) is 18.8 Å². The molecule has 1 aromatic heterocycles. The molecule has 0 saturated carbocycles. The van der Waals surface area contributed by atoms with Gasteiger partial charge >= 0.3 is 0 Å². The Kier molecular flexibility index (Phi) is 5.43. The SMILES string of the molecule is CCCn1c(CN)nnc1SCc1cccc(OC)c1. The summed E-state index contributed by atoms with van der Waals surface area (Å²) in [5.74, 6) is 2.56. The molecular formula is C14H20N4OS. The minimum Gasteiger partial charge on any atom is -0.497 e. The van der Waals surface area contributed by atoms with Crippen molar-refractivity contribution in [3.8, 4) is 5.75 Å². The van der Waals surface area contributed by atoms with E-state index in [1.807, 2.05) is 18.2 Å². The summed E-state index contributed by atoms with van der Waals surface area (Å²) in [5.41, 5.74) is 6.89. The lowest BCUT2D eigenvalue weighted by atomic mass is 10.2. The molecule has 2 N–H and O–H groups in total. The van der Waals surface area contributed by atoms with Gasteiger partial charge in [-0.3, -0.25) is 0 Å². The largest absolute Gasteiger partial charge is 0.497 e. The van der Waals surface area contributed by atoms with Gasteiger partial charge in [0.15, 0.2) is 5.16 Å².